The minimum atomic E-state index is -0.652. The van der Waals surface area contributed by atoms with E-state index >= 15 is 0 Å². The highest BCUT2D eigenvalue weighted by Gasteiger charge is 2.39. The molecular weight excluding hydrogens is 359 g/mol. The fraction of sp³-hybridized carbons (Fsp3) is 0.364. The minimum absolute atomic E-state index is 0.0695. The number of piperidine rings is 1. The van der Waals surface area contributed by atoms with Crippen LogP contribution >= 0.6 is 0 Å². The summed E-state index contributed by atoms with van der Waals surface area (Å²) in [6, 6.07) is 13.0. The molecule has 0 radical (unpaired) electrons. The highest BCUT2D eigenvalue weighted by molar-refractivity contribution is 5.95. The van der Waals surface area contributed by atoms with Gasteiger partial charge in [0.15, 0.2) is 0 Å². The van der Waals surface area contributed by atoms with Crippen LogP contribution in [0.25, 0.3) is 0 Å². The Labute approximate surface area is 164 Å². The Morgan fingerprint density at radius 2 is 1.82 bits per heavy atom. The van der Waals surface area contributed by atoms with E-state index < -0.39 is 5.41 Å². The van der Waals surface area contributed by atoms with Crippen molar-refractivity contribution in [2.24, 2.45) is 5.41 Å². The second kappa shape index (κ2) is 8.42. The van der Waals surface area contributed by atoms with Crippen LogP contribution in [0.1, 0.15) is 35.7 Å². The molecule has 1 atom stereocenters. The fourth-order valence-corrected chi connectivity index (χ4v) is 3.51. The number of likely N-dealkylation sites (tertiary alicyclic amines) is 1. The Morgan fingerprint density at radius 1 is 1.14 bits per heavy atom. The molecule has 1 saturated heterocycles. The first kappa shape index (κ1) is 19.9. The van der Waals surface area contributed by atoms with Gasteiger partial charge in [-0.25, -0.2) is 4.39 Å². The number of hydrogen-bond donors (Lipinski definition) is 1. The van der Waals surface area contributed by atoms with Gasteiger partial charge < -0.3 is 15.0 Å². The molecule has 0 aliphatic carbocycles. The molecule has 3 rings (SSSR count). The maximum absolute atomic E-state index is 13.1. The van der Waals surface area contributed by atoms with Crippen molar-refractivity contribution in [3.63, 3.8) is 0 Å². The summed E-state index contributed by atoms with van der Waals surface area (Å²) in [5.74, 6) is 0.149. The van der Waals surface area contributed by atoms with E-state index in [0.717, 1.165) is 17.7 Å². The summed E-state index contributed by atoms with van der Waals surface area (Å²) in [5.41, 5.74) is 0.762. The number of nitrogens with zero attached hydrogens (tertiary/aromatic N) is 1. The summed E-state index contributed by atoms with van der Waals surface area (Å²) in [6.07, 6.45) is 1.47. The molecule has 5 nitrogen and oxygen atoms in total. The molecule has 1 aliphatic heterocycles. The van der Waals surface area contributed by atoms with Crippen LogP contribution in [0, 0.1) is 11.2 Å². The van der Waals surface area contributed by atoms with E-state index in [1.807, 2.05) is 31.2 Å². The van der Waals surface area contributed by atoms with Gasteiger partial charge in [0.1, 0.15) is 11.6 Å². The molecule has 2 amide bonds. The van der Waals surface area contributed by atoms with Crippen molar-refractivity contribution in [1.29, 1.82) is 0 Å². The number of hydrogen-bond acceptors (Lipinski definition) is 3. The molecule has 2 aromatic rings. The third kappa shape index (κ3) is 4.50. The van der Waals surface area contributed by atoms with Crippen LogP contribution in [-0.2, 0) is 11.3 Å². The molecule has 0 unspecified atom stereocenters. The molecule has 1 N–H and O–H groups in total. The number of methoxy groups -OCH3 is 1. The van der Waals surface area contributed by atoms with E-state index in [1.54, 1.807) is 12.0 Å². The zero-order valence-electron chi connectivity index (χ0n) is 16.2. The first-order valence-electron chi connectivity index (χ1n) is 9.37. The summed E-state index contributed by atoms with van der Waals surface area (Å²) in [6.45, 7) is 3.25. The van der Waals surface area contributed by atoms with Crippen LogP contribution in [-0.4, -0.2) is 36.9 Å². The molecule has 1 fully saturated rings. The van der Waals surface area contributed by atoms with E-state index in [0.29, 0.717) is 31.6 Å². The van der Waals surface area contributed by atoms with Gasteiger partial charge in [-0.05, 0) is 61.7 Å². The second-order valence-electron chi connectivity index (χ2n) is 7.43. The van der Waals surface area contributed by atoms with E-state index in [4.69, 9.17) is 4.74 Å². The lowest BCUT2D eigenvalue weighted by Crippen LogP contribution is -2.51. The van der Waals surface area contributed by atoms with Crippen molar-refractivity contribution in [2.45, 2.75) is 26.3 Å². The molecule has 1 heterocycles. The Morgan fingerprint density at radius 3 is 2.46 bits per heavy atom. The van der Waals surface area contributed by atoms with Gasteiger partial charge in [-0.3, -0.25) is 9.59 Å². The van der Waals surface area contributed by atoms with Crippen molar-refractivity contribution in [3.8, 4) is 5.75 Å². The first-order chi connectivity index (χ1) is 13.4. The maximum atomic E-state index is 13.1. The standard InChI is InChI=1S/C22H25FN2O3/c1-22(21(27)24-14-16-4-10-19(28-2)11-5-16)12-3-13-25(15-22)20(26)17-6-8-18(23)9-7-17/h4-11H,3,12-15H2,1-2H3,(H,24,27)/t22-/m1/s1. The van der Waals surface area contributed by atoms with Gasteiger partial charge in [-0.1, -0.05) is 12.1 Å². The van der Waals surface area contributed by atoms with Gasteiger partial charge in [0.2, 0.25) is 5.91 Å². The number of benzene rings is 2. The van der Waals surface area contributed by atoms with Crippen LogP contribution in [0.5, 0.6) is 5.75 Å². The molecule has 0 aromatic heterocycles. The van der Waals surface area contributed by atoms with Crippen molar-refractivity contribution in [3.05, 3.63) is 65.5 Å². The molecule has 6 heteroatoms. The normalized spacial score (nSPS) is 19.2. The van der Waals surface area contributed by atoms with Crippen LogP contribution < -0.4 is 10.1 Å². The summed E-state index contributed by atoms with van der Waals surface area (Å²) in [4.78, 5) is 27.2. The lowest BCUT2D eigenvalue weighted by atomic mass is 9.80. The van der Waals surface area contributed by atoms with Crippen LogP contribution in [0.3, 0.4) is 0 Å². The molecule has 28 heavy (non-hydrogen) atoms. The zero-order valence-corrected chi connectivity index (χ0v) is 16.2. The Balaban J connectivity index is 1.62. The number of carbonyl (C=O) groups excluding carboxylic acids is 2. The number of halogens is 1. The minimum Gasteiger partial charge on any atom is -0.497 e. The predicted molar refractivity (Wildman–Crippen MR) is 104 cm³/mol. The fourth-order valence-electron chi connectivity index (χ4n) is 3.51. The number of carbonyl (C=O) groups is 2. The van der Waals surface area contributed by atoms with E-state index in [-0.39, 0.29) is 17.6 Å². The Bertz CT molecular complexity index is 836. The SMILES string of the molecule is COc1ccc(CNC(=O)[C@]2(C)CCCN(C(=O)c3ccc(F)cc3)C2)cc1. The van der Waals surface area contributed by atoms with Gasteiger partial charge in [0.05, 0.1) is 12.5 Å². The summed E-state index contributed by atoms with van der Waals surface area (Å²) in [5, 5.41) is 2.99. The third-order valence-corrected chi connectivity index (χ3v) is 5.24. The van der Waals surface area contributed by atoms with Gasteiger partial charge >= 0.3 is 0 Å². The van der Waals surface area contributed by atoms with Crippen LogP contribution in [0.4, 0.5) is 4.39 Å². The molecule has 0 saturated carbocycles. The van der Waals surface area contributed by atoms with Crippen LogP contribution in [0.2, 0.25) is 0 Å². The maximum Gasteiger partial charge on any atom is 0.253 e. The smallest absolute Gasteiger partial charge is 0.253 e. The van der Waals surface area contributed by atoms with Gasteiger partial charge in [-0.2, -0.15) is 0 Å². The van der Waals surface area contributed by atoms with E-state index in [2.05, 4.69) is 5.32 Å². The summed E-state index contributed by atoms with van der Waals surface area (Å²) in [7, 11) is 1.61. The molecule has 1 aliphatic rings. The van der Waals surface area contributed by atoms with Crippen molar-refractivity contribution >= 4 is 11.8 Å². The quantitative estimate of drug-likeness (QED) is 0.860. The topological polar surface area (TPSA) is 58.6 Å². The van der Waals surface area contributed by atoms with Gasteiger partial charge in [0, 0.05) is 25.2 Å². The van der Waals surface area contributed by atoms with Crippen LogP contribution in [0.15, 0.2) is 48.5 Å². The third-order valence-electron chi connectivity index (χ3n) is 5.24. The average Bonchev–Trinajstić information content (AvgIpc) is 2.72. The number of amides is 2. The van der Waals surface area contributed by atoms with Crippen molar-refractivity contribution < 1.29 is 18.7 Å². The monoisotopic (exact) mass is 384 g/mol. The predicted octanol–water partition coefficient (Wildman–Crippen LogP) is 3.39. The molecule has 148 valence electrons. The van der Waals surface area contributed by atoms with E-state index in [9.17, 15) is 14.0 Å². The lowest BCUT2D eigenvalue weighted by molar-refractivity contribution is -0.132. The molecule has 0 bridgehead atoms. The largest absolute Gasteiger partial charge is 0.497 e. The highest BCUT2D eigenvalue weighted by atomic mass is 19.1. The summed E-state index contributed by atoms with van der Waals surface area (Å²) < 4.78 is 18.2. The number of nitrogens with one attached hydrogen (secondary N) is 1. The Kier molecular flexibility index (Phi) is 5.97. The number of rotatable bonds is 5. The van der Waals surface area contributed by atoms with E-state index in [1.165, 1.54) is 24.3 Å². The van der Waals surface area contributed by atoms with Crippen molar-refractivity contribution in [2.75, 3.05) is 20.2 Å². The molecule has 2 aromatic carbocycles. The average molecular weight is 384 g/mol. The van der Waals surface area contributed by atoms with Crippen molar-refractivity contribution in [1.82, 2.24) is 10.2 Å². The van der Waals surface area contributed by atoms with Gasteiger partial charge in [-0.15, -0.1) is 0 Å². The Hall–Kier alpha value is -2.89. The van der Waals surface area contributed by atoms with Gasteiger partial charge in [0.25, 0.3) is 5.91 Å². The highest BCUT2D eigenvalue weighted by Crippen LogP contribution is 2.30. The summed E-state index contributed by atoms with van der Waals surface area (Å²) >= 11 is 0. The molecular formula is C22H25FN2O3. The zero-order chi connectivity index (χ0) is 20.1. The first-order valence-corrected chi connectivity index (χ1v) is 9.37. The lowest BCUT2D eigenvalue weighted by Gasteiger charge is -2.39. The second-order valence-corrected chi connectivity index (χ2v) is 7.43. The number of ether oxygens (including phenoxy) is 1. The molecule has 0 spiro atoms.